The predicted octanol–water partition coefficient (Wildman–Crippen LogP) is 5.23. The number of aromatic nitrogens is 2. The zero-order valence-corrected chi connectivity index (χ0v) is 14.0. The van der Waals surface area contributed by atoms with Crippen molar-refractivity contribution in [3.05, 3.63) is 108 Å². The van der Waals surface area contributed by atoms with Crippen molar-refractivity contribution >= 4 is 0 Å². The first kappa shape index (κ1) is 15.3. The van der Waals surface area contributed by atoms with Gasteiger partial charge in [-0.25, -0.2) is 0 Å². The lowest BCUT2D eigenvalue weighted by atomic mass is 9.91. The average molecular weight is 326 g/mol. The second-order valence-electron chi connectivity index (χ2n) is 6.07. The normalized spacial score (nSPS) is 11.0. The van der Waals surface area contributed by atoms with E-state index in [-0.39, 0.29) is 5.92 Å². The molecule has 0 radical (unpaired) electrons. The van der Waals surface area contributed by atoms with Gasteiger partial charge in [-0.05, 0) is 30.2 Å². The Bertz CT molecular complexity index is 905. The molecule has 4 rings (SSSR count). The maximum Gasteiger partial charge on any atom is 0.247 e. The monoisotopic (exact) mass is 326 g/mol. The van der Waals surface area contributed by atoms with Crippen LogP contribution in [0.4, 0.5) is 0 Å². The van der Waals surface area contributed by atoms with E-state index in [0.29, 0.717) is 11.8 Å². The first-order chi connectivity index (χ1) is 12.3. The molecule has 0 aliphatic heterocycles. The maximum absolute atomic E-state index is 6.06. The van der Waals surface area contributed by atoms with E-state index >= 15 is 0 Å². The molecule has 0 amide bonds. The zero-order chi connectivity index (χ0) is 17.1. The Kier molecular flexibility index (Phi) is 4.13. The average Bonchev–Trinajstić information content (AvgIpc) is 3.14. The molecular weight excluding hydrogens is 308 g/mol. The van der Waals surface area contributed by atoms with Gasteiger partial charge in [0.1, 0.15) is 0 Å². The Hall–Kier alpha value is -3.20. The van der Waals surface area contributed by atoms with E-state index in [1.54, 1.807) is 0 Å². The third-order valence-electron chi connectivity index (χ3n) is 4.25. The summed E-state index contributed by atoms with van der Waals surface area (Å²) in [5, 5.41) is 8.62. The van der Waals surface area contributed by atoms with Crippen molar-refractivity contribution in [2.45, 2.75) is 12.8 Å². The van der Waals surface area contributed by atoms with E-state index in [1.165, 1.54) is 5.56 Å². The van der Waals surface area contributed by atoms with Crippen LogP contribution in [0, 0.1) is 6.92 Å². The number of hydrogen-bond acceptors (Lipinski definition) is 3. The van der Waals surface area contributed by atoms with E-state index in [9.17, 15) is 0 Å². The van der Waals surface area contributed by atoms with Gasteiger partial charge in [0, 0.05) is 5.56 Å². The third kappa shape index (κ3) is 3.22. The van der Waals surface area contributed by atoms with Crippen LogP contribution in [0.5, 0.6) is 0 Å². The molecule has 0 spiro atoms. The first-order valence-electron chi connectivity index (χ1n) is 8.31. The fourth-order valence-electron chi connectivity index (χ4n) is 2.93. The van der Waals surface area contributed by atoms with Crippen LogP contribution in [0.2, 0.25) is 0 Å². The molecule has 0 atom stereocenters. The van der Waals surface area contributed by atoms with E-state index in [2.05, 4.69) is 41.4 Å². The second kappa shape index (κ2) is 6.73. The number of aryl methyl sites for hydroxylation is 1. The molecule has 4 aromatic rings. The fourth-order valence-corrected chi connectivity index (χ4v) is 2.93. The molecule has 0 N–H and O–H groups in total. The van der Waals surface area contributed by atoms with Crippen molar-refractivity contribution in [1.82, 2.24) is 10.2 Å². The van der Waals surface area contributed by atoms with Crippen LogP contribution < -0.4 is 0 Å². The highest BCUT2D eigenvalue weighted by atomic mass is 16.4. The molecule has 0 bridgehead atoms. The summed E-state index contributed by atoms with van der Waals surface area (Å²) in [7, 11) is 0. The number of nitrogens with zero attached hydrogens (tertiary/aromatic N) is 2. The molecule has 1 heterocycles. The summed E-state index contributed by atoms with van der Waals surface area (Å²) in [4.78, 5) is 0. The lowest BCUT2D eigenvalue weighted by molar-refractivity contribution is 0.499. The quantitative estimate of drug-likeness (QED) is 0.516. The summed E-state index contributed by atoms with van der Waals surface area (Å²) in [6, 6.07) is 28.6. The third-order valence-corrected chi connectivity index (χ3v) is 4.25. The topological polar surface area (TPSA) is 38.9 Å². The summed E-state index contributed by atoms with van der Waals surface area (Å²) in [5.41, 5.74) is 4.40. The van der Waals surface area contributed by atoms with Crippen molar-refractivity contribution in [3.63, 3.8) is 0 Å². The molecular formula is C22H18N2O. The summed E-state index contributed by atoms with van der Waals surface area (Å²) < 4.78 is 6.06. The van der Waals surface area contributed by atoms with Gasteiger partial charge in [-0.15, -0.1) is 10.2 Å². The smallest absolute Gasteiger partial charge is 0.247 e. The molecule has 0 saturated carbocycles. The summed E-state index contributed by atoms with van der Waals surface area (Å²) in [6.07, 6.45) is 0. The van der Waals surface area contributed by atoms with Crippen molar-refractivity contribution in [2.24, 2.45) is 0 Å². The van der Waals surface area contributed by atoms with Crippen LogP contribution in [0.3, 0.4) is 0 Å². The van der Waals surface area contributed by atoms with Gasteiger partial charge in [-0.2, -0.15) is 0 Å². The van der Waals surface area contributed by atoms with Gasteiger partial charge in [0.05, 0.1) is 5.92 Å². The molecule has 0 saturated heterocycles. The zero-order valence-electron chi connectivity index (χ0n) is 14.0. The largest absolute Gasteiger partial charge is 0.420 e. The van der Waals surface area contributed by atoms with Gasteiger partial charge in [0.25, 0.3) is 0 Å². The van der Waals surface area contributed by atoms with Gasteiger partial charge < -0.3 is 4.42 Å². The minimum atomic E-state index is -0.0749. The number of rotatable bonds is 4. The van der Waals surface area contributed by atoms with Crippen LogP contribution in [-0.2, 0) is 0 Å². The Morgan fingerprint density at radius 2 is 1.24 bits per heavy atom. The highest BCUT2D eigenvalue weighted by molar-refractivity contribution is 5.53. The van der Waals surface area contributed by atoms with Gasteiger partial charge in [0.2, 0.25) is 11.8 Å². The second-order valence-corrected chi connectivity index (χ2v) is 6.07. The van der Waals surface area contributed by atoms with Crippen LogP contribution in [-0.4, -0.2) is 10.2 Å². The van der Waals surface area contributed by atoms with E-state index < -0.39 is 0 Å². The summed E-state index contributed by atoms with van der Waals surface area (Å²) in [6.45, 7) is 2.06. The number of benzene rings is 3. The molecule has 1 aromatic heterocycles. The highest BCUT2D eigenvalue weighted by Crippen LogP contribution is 2.32. The minimum absolute atomic E-state index is 0.0749. The van der Waals surface area contributed by atoms with Crippen LogP contribution in [0.1, 0.15) is 28.5 Å². The van der Waals surface area contributed by atoms with Gasteiger partial charge >= 0.3 is 0 Å². The summed E-state index contributed by atoms with van der Waals surface area (Å²) >= 11 is 0. The lowest BCUT2D eigenvalue weighted by Crippen LogP contribution is -2.03. The molecule has 122 valence electrons. The molecule has 3 heteroatoms. The van der Waals surface area contributed by atoms with E-state index in [4.69, 9.17) is 4.42 Å². The SMILES string of the molecule is Cc1ccc(-c2nnc(C(c3ccccc3)c3ccccc3)o2)cc1. The first-order valence-corrected chi connectivity index (χ1v) is 8.31. The maximum atomic E-state index is 6.06. The van der Waals surface area contributed by atoms with Gasteiger partial charge in [-0.1, -0.05) is 78.4 Å². The fraction of sp³-hybridized carbons (Fsp3) is 0.0909. The molecule has 0 fully saturated rings. The predicted molar refractivity (Wildman–Crippen MR) is 98.3 cm³/mol. The Morgan fingerprint density at radius 1 is 0.680 bits per heavy atom. The van der Waals surface area contributed by atoms with Crippen molar-refractivity contribution in [3.8, 4) is 11.5 Å². The van der Waals surface area contributed by atoms with Gasteiger partial charge in [0.15, 0.2) is 0 Å². The van der Waals surface area contributed by atoms with Crippen molar-refractivity contribution in [2.75, 3.05) is 0 Å². The van der Waals surface area contributed by atoms with E-state index in [0.717, 1.165) is 16.7 Å². The molecule has 0 aliphatic carbocycles. The minimum Gasteiger partial charge on any atom is -0.420 e. The Labute approximate surface area is 147 Å². The molecule has 3 aromatic carbocycles. The van der Waals surface area contributed by atoms with Gasteiger partial charge in [-0.3, -0.25) is 0 Å². The van der Waals surface area contributed by atoms with Crippen LogP contribution in [0.15, 0.2) is 89.3 Å². The van der Waals surface area contributed by atoms with Crippen molar-refractivity contribution in [1.29, 1.82) is 0 Å². The van der Waals surface area contributed by atoms with E-state index in [1.807, 2.05) is 60.7 Å². The molecule has 25 heavy (non-hydrogen) atoms. The Balaban J connectivity index is 1.77. The highest BCUT2D eigenvalue weighted by Gasteiger charge is 2.23. The molecule has 0 aliphatic rings. The van der Waals surface area contributed by atoms with Crippen molar-refractivity contribution < 1.29 is 4.42 Å². The summed E-state index contributed by atoms with van der Waals surface area (Å²) in [5.74, 6) is 1.08. The standard InChI is InChI=1S/C22H18N2O/c1-16-12-14-19(15-13-16)21-23-24-22(25-21)20(17-8-4-2-5-9-17)18-10-6-3-7-11-18/h2-15,20H,1H3. The number of hydrogen-bond donors (Lipinski definition) is 0. The van der Waals surface area contributed by atoms with Crippen LogP contribution >= 0.6 is 0 Å². The lowest BCUT2D eigenvalue weighted by Gasteiger charge is -2.13. The van der Waals surface area contributed by atoms with Crippen LogP contribution in [0.25, 0.3) is 11.5 Å². The Morgan fingerprint density at radius 3 is 1.80 bits per heavy atom. The molecule has 0 unspecified atom stereocenters. The molecule has 3 nitrogen and oxygen atoms in total.